The zero-order valence-electron chi connectivity index (χ0n) is 17.8. The van der Waals surface area contributed by atoms with Crippen LogP contribution >= 0.6 is 11.6 Å². The van der Waals surface area contributed by atoms with E-state index in [1.54, 1.807) is 14.2 Å². The van der Waals surface area contributed by atoms with Gasteiger partial charge in [-0.25, -0.2) is 0 Å². The second kappa shape index (κ2) is 10.9. The lowest BCUT2D eigenvalue weighted by Crippen LogP contribution is -2.47. The summed E-state index contributed by atoms with van der Waals surface area (Å²) in [5.41, 5.74) is 1.05. The van der Waals surface area contributed by atoms with E-state index < -0.39 is 0 Å². The fraction of sp³-hybridized carbons (Fsp3) is 0.667. The minimum Gasteiger partial charge on any atom is -0.495 e. The van der Waals surface area contributed by atoms with Crippen molar-refractivity contribution in [3.05, 3.63) is 23.2 Å². The molecule has 0 amide bonds. The highest BCUT2D eigenvalue weighted by atomic mass is 35.5. The number of methoxy groups -OCH3 is 2. The van der Waals surface area contributed by atoms with E-state index in [2.05, 4.69) is 25.4 Å². The summed E-state index contributed by atoms with van der Waals surface area (Å²) >= 11 is 6.20. The van der Waals surface area contributed by atoms with E-state index in [0.29, 0.717) is 6.04 Å². The average Bonchev–Trinajstić information content (AvgIpc) is 3.47. The van der Waals surface area contributed by atoms with Crippen LogP contribution in [0.25, 0.3) is 0 Å². The lowest BCUT2D eigenvalue weighted by Gasteiger charge is -2.24. The summed E-state index contributed by atoms with van der Waals surface area (Å²) in [6.07, 6.45) is 3.65. The summed E-state index contributed by atoms with van der Waals surface area (Å²) in [5, 5.41) is 7.75. The van der Waals surface area contributed by atoms with E-state index in [0.717, 1.165) is 74.2 Å². The number of rotatable bonds is 10. The van der Waals surface area contributed by atoms with Gasteiger partial charge in [-0.2, -0.15) is 0 Å². The van der Waals surface area contributed by atoms with Gasteiger partial charge in [-0.15, -0.1) is 0 Å². The van der Waals surface area contributed by atoms with E-state index in [9.17, 15) is 0 Å². The van der Waals surface area contributed by atoms with Crippen LogP contribution in [0.3, 0.4) is 0 Å². The van der Waals surface area contributed by atoms with Crippen molar-refractivity contribution in [1.29, 1.82) is 0 Å². The van der Waals surface area contributed by atoms with E-state index in [-0.39, 0.29) is 0 Å². The summed E-state index contributed by atoms with van der Waals surface area (Å²) in [6.45, 7) is 5.50. The average molecular weight is 424 g/mol. The quantitative estimate of drug-likeness (QED) is 0.444. The van der Waals surface area contributed by atoms with Crippen molar-refractivity contribution >= 4 is 23.2 Å². The minimum atomic E-state index is 0.331. The number of guanidine groups is 1. The van der Waals surface area contributed by atoms with Gasteiger partial charge in [-0.05, 0) is 37.5 Å². The Bertz CT molecular complexity index is 683. The van der Waals surface area contributed by atoms with Crippen molar-refractivity contribution in [2.24, 2.45) is 4.99 Å². The fourth-order valence-corrected chi connectivity index (χ4v) is 4.00. The largest absolute Gasteiger partial charge is 0.495 e. The van der Waals surface area contributed by atoms with Gasteiger partial charge in [-0.3, -0.25) is 9.89 Å². The number of anilines is 1. The molecule has 8 heteroatoms. The first-order chi connectivity index (χ1) is 14.1. The molecule has 0 spiro atoms. The zero-order chi connectivity index (χ0) is 20.6. The number of halogens is 1. The third-order valence-corrected chi connectivity index (χ3v) is 5.81. The van der Waals surface area contributed by atoms with Gasteiger partial charge >= 0.3 is 0 Å². The molecule has 7 nitrogen and oxygen atoms in total. The molecule has 162 valence electrons. The molecule has 1 aromatic carbocycles. The highest BCUT2D eigenvalue weighted by Gasteiger charge is 2.28. The molecule has 2 aliphatic rings. The van der Waals surface area contributed by atoms with E-state index in [1.165, 1.54) is 12.8 Å². The first-order valence-corrected chi connectivity index (χ1v) is 10.8. The summed E-state index contributed by atoms with van der Waals surface area (Å²) < 4.78 is 10.7. The van der Waals surface area contributed by atoms with Crippen LogP contribution < -0.4 is 20.3 Å². The normalized spacial score (nSPS) is 19.7. The summed E-state index contributed by atoms with van der Waals surface area (Å²) in [6, 6.07) is 6.83. The van der Waals surface area contributed by atoms with Crippen LogP contribution in [-0.2, 0) is 4.74 Å². The summed E-state index contributed by atoms with van der Waals surface area (Å²) in [4.78, 5) is 9.22. The molecular formula is C21H34ClN5O2. The molecule has 3 rings (SSSR count). The summed E-state index contributed by atoms with van der Waals surface area (Å²) in [5.74, 6) is 1.71. The predicted octanol–water partition coefficient (Wildman–Crippen LogP) is 2.20. The first-order valence-electron chi connectivity index (χ1n) is 10.4. The van der Waals surface area contributed by atoms with Crippen LogP contribution in [0, 0.1) is 0 Å². The van der Waals surface area contributed by atoms with Crippen molar-refractivity contribution in [2.75, 3.05) is 65.5 Å². The Balaban J connectivity index is 1.46. The van der Waals surface area contributed by atoms with Crippen LogP contribution in [0.5, 0.6) is 5.75 Å². The monoisotopic (exact) mass is 423 g/mol. The number of nitrogens with one attached hydrogen (secondary N) is 2. The lowest BCUT2D eigenvalue weighted by atomic mass is 10.2. The highest BCUT2D eigenvalue weighted by molar-refractivity contribution is 6.30. The van der Waals surface area contributed by atoms with Gasteiger partial charge in [-0.1, -0.05) is 11.6 Å². The van der Waals surface area contributed by atoms with Crippen molar-refractivity contribution < 1.29 is 9.47 Å². The van der Waals surface area contributed by atoms with Crippen LogP contribution in [0.2, 0.25) is 5.02 Å². The van der Waals surface area contributed by atoms with Gasteiger partial charge in [0.1, 0.15) is 5.75 Å². The molecule has 1 aliphatic heterocycles. The number of hydrogen-bond acceptors (Lipinski definition) is 5. The Kier molecular flexibility index (Phi) is 8.27. The molecule has 1 heterocycles. The Morgan fingerprint density at radius 2 is 2.10 bits per heavy atom. The molecule has 2 N–H and O–H groups in total. The molecule has 1 aromatic rings. The number of nitrogens with zero attached hydrogens (tertiary/aromatic N) is 3. The first kappa shape index (κ1) is 22.0. The number of hydrogen-bond donors (Lipinski definition) is 2. The second-order valence-electron chi connectivity index (χ2n) is 7.65. The Labute approximate surface area is 179 Å². The van der Waals surface area contributed by atoms with Gasteiger partial charge < -0.3 is 25.0 Å². The van der Waals surface area contributed by atoms with Gasteiger partial charge in [0.05, 0.1) is 19.4 Å². The SMILES string of the molecule is CN=C(NCCN(CCOC)C1CC1)NC1CCN(c2cc(Cl)ccc2OC)C1. The Hall–Kier alpha value is -1.70. The molecule has 0 bridgehead atoms. The van der Waals surface area contributed by atoms with Crippen LogP contribution in [0.15, 0.2) is 23.2 Å². The maximum Gasteiger partial charge on any atom is 0.191 e. The van der Waals surface area contributed by atoms with Crippen LogP contribution in [0.1, 0.15) is 19.3 Å². The highest BCUT2D eigenvalue weighted by Crippen LogP contribution is 2.33. The predicted molar refractivity (Wildman–Crippen MR) is 120 cm³/mol. The molecule has 2 fully saturated rings. The molecular weight excluding hydrogens is 390 g/mol. The molecule has 1 saturated heterocycles. The van der Waals surface area contributed by atoms with Gasteiger partial charge in [0, 0.05) is 64.0 Å². The number of ether oxygens (including phenoxy) is 2. The Morgan fingerprint density at radius 1 is 1.28 bits per heavy atom. The molecule has 1 aliphatic carbocycles. The van der Waals surface area contributed by atoms with E-state index in [1.807, 2.05) is 25.2 Å². The molecule has 29 heavy (non-hydrogen) atoms. The van der Waals surface area contributed by atoms with Crippen molar-refractivity contribution in [1.82, 2.24) is 15.5 Å². The van der Waals surface area contributed by atoms with Crippen LogP contribution in [0.4, 0.5) is 5.69 Å². The van der Waals surface area contributed by atoms with Gasteiger partial charge in [0.2, 0.25) is 0 Å². The topological polar surface area (TPSA) is 61.4 Å². The molecule has 1 saturated carbocycles. The maximum atomic E-state index is 6.20. The van der Waals surface area contributed by atoms with E-state index >= 15 is 0 Å². The fourth-order valence-electron chi connectivity index (χ4n) is 3.84. The third-order valence-electron chi connectivity index (χ3n) is 5.57. The van der Waals surface area contributed by atoms with Crippen molar-refractivity contribution in [3.63, 3.8) is 0 Å². The van der Waals surface area contributed by atoms with E-state index in [4.69, 9.17) is 21.1 Å². The molecule has 0 aromatic heterocycles. The molecule has 0 radical (unpaired) electrons. The Morgan fingerprint density at radius 3 is 2.79 bits per heavy atom. The maximum absolute atomic E-state index is 6.20. The van der Waals surface area contributed by atoms with Crippen molar-refractivity contribution in [3.8, 4) is 5.75 Å². The lowest BCUT2D eigenvalue weighted by molar-refractivity contribution is 0.144. The van der Waals surface area contributed by atoms with Crippen LogP contribution in [-0.4, -0.2) is 83.5 Å². The van der Waals surface area contributed by atoms with Crippen molar-refractivity contribution in [2.45, 2.75) is 31.3 Å². The van der Waals surface area contributed by atoms with Gasteiger partial charge in [0.25, 0.3) is 0 Å². The molecule has 1 unspecified atom stereocenters. The second-order valence-corrected chi connectivity index (χ2v) is 8.09. The zero-order valence-corrected chi connectivity index (χ0v) is 18.5. The summed E-state index contributed by atoms with van der Waals surface area (Å²) in [7, 11) is 5.28. The smallest absolute Gasteiger partial charge is 0.191 e. The third kappa shape index (κ3) is 6.39. The standard InChI is InChI=1S/C21H34ClN5O2/c1-23-21(24-9-11-26(12-13-28-2)18-5-6-18)25-17-8-10-27(15-17)19-14-16(22)4-7-20(19)29-3/h4,7,14,17-18H,5-6,8-13,15H2,1-3H3,(H2,23,24,25). The number of aliphatic imine (C=N–C) groups is 1. The minimum absolute atomic E-state index is 0.331. The number of benzene rings is 1. The molecule has 1 atom stereocenters. The van der Waals surface area contributed by atoms with Gasteiger partial charge in [0.15, 0.2) is 5.96 Å².